The van der Waals surface area contributed by atoms with Crippen LogP contribution in [0.2, 0.25) is 0 Å². The lowest BCUT2D eigenvalue weighted by Gasteiger charge is -2.33. The Hall–Kier alpha value is -2.45. The maximum Gasteiger partial charge on any atom is 0.253 e. The van der Waals surface area contributed by atoms with Crippen molar-refractivity contribution in [2.75, 3.05) is 60.2 Å². The molecule has 1 N–H and O–H groups in total. The molecule has 0 radical (unpaired) electrons. The van der Waals surface area contributed by atoms with E-state index in [9.17, 15) is 9.18 Å². The number of hydrogen-bond donors (Lipinski definition) is 1. The van der Waals surface area contributed by atoms with Gasteiger partial charge in [0.25, 0.3) is 5.91 Å². The third kappa shape index (κ3) is 4.69. The molecule has 7 nitrogen and oxygen atoms in total. The minimum atomic E-state index is -0.374. The number of ether oxygens (including phenoxy) is 2. The average molecular weight is 390 g/mol. The van der Waals surface area contributed by atoms with Crippen LogP contribution in [-0.2, 0) is 14.3 Å². The molecule has 1 aromatic carbocycles. The van der Waals surface area contributed by atoms with Gasteiger partial charge >= 0.3 is 0 Å². The SMILES string of the molecule is COCCCN(C)C(=O)C1=C(c2ccccc2F)NC(N2CCOCC2)=NC1. The van der Waals surface area contributed by atoms with Crippen LogP contribution in [-0.4, -0.2) is 81.8 Å². The van der Waals surface area contributed by atoms with Crippen molar-refractivity contribution in [1.29, 1.82) is 0 Å². The van der Waals surface area contributed by atoms with E-state index >= 15 is 0 Å². The van der Waals surface area contributed by atoms with Gasteiger partial charge in [0.2, 0.25) is 0 Å². The van der Waals surface area contributed by atoms with Gasteiger partial charge in [-0.2, -0.15) is 0 Å². The highest BCUT2D eigenvalue weighted by molar-refractivity contribution is 6.06. The van der Waals surface area contributed by atoms with Crippen LogP contribution in [0.1, 0.15) is 12.0 Å². The third-order valence-electron chi connectivity index (χ3n) is 4.83. The Bertz CT molecular complexity index is 760. The van der Waals surface area contributed by atoms with E-state index in [0.717, 1.165) is 6.42 Å². The molecule has 8 heteroatoms. The zero-order chi connectivity index (χ0) is 19.9. The summed E-state index contributed by atoms with van der Waals surface area (Å²) in [5.41, 5.74) is 1.32. The molecular formula is C20H27FN4O3. The van der Waals surface area contributed by atoms with Gasteiger partial charge in [0, 0.05) is 46.0 Å². The van der Waals surface area contributed by atoms with Crippen molar-refractivity contribution in [2.24, 2.45) is 4.99 Å². The second kappa shape index (κ2) is 9.66. The van der Waals surface area contributed by atoms with Crippen molar-refractivity contribution in [2.45, 2.75) is 6.42 Å². The molecular weight excluding hydrogens is 363 g/mol. The van der Waals surface area contributed by atoms with Crippen molar-refractivity contribution in [3.63, 3.8) is 0 Å². The fraction of sp³-hybridized carbons (Fsp3) is 0.500. The van der Waals surface area contributed by atoms with Crippen molar-refractivity contribution in [3.05, 3.63) is 41.2 Å². The van der Waals surface area contributed by atoms with E-state index in [1.165, 1.54) is 6.07 Å². The zero-order valence-electron chi connectivity index (χ0n) is 16.4. The smallest absolute Gasteiger partial charge is 0.253 e. The monoisotopic (exact) mass is 390 g/mol. The van der Waals surface area contributed by atoms with Crippen LogP contribution >= 0.6 is 0 Å². The first kappa shape index (κ1) is 20.3. The van der Waals surface area contributed by atoms with E-state index in [1.54, 1.807) is 37.3 Å². The van der Waals surface area contributed by atoms with E-state index in [-0.39, 0.29) is 18.3 Å². The second-order valence-electron chi connectivity index (χ2n) is 6.77. The molecule has 1 fully saturated rings. The number of methoxy groups -OCH3 is 1. The number of benzene rings is 1. The molecule has 152 valence electrons. The van der Waals surface area contributed by atoms with E-state index in [1.807, 2.05) is 0 Å². The Balaban J connectivity index is 1.86. The number of morpholine rings is 1. The van der Waals surface area contributed by atoms with Crippen LogP contribution in [0.5, 0.6) is 0 Å². The molecule has 0 spiro atoms. The summed E-state index contributed by atoms with van der Waals surface area (Å²) in [7, 11) is 3.37. The van der Waals surface area contributed by atoms with Crippen LogP contribution < -0.4 is 5.32 Å². The minimum absolute atomic E-state index is 0.161. The highest BCUT2D eigenvalue weighted by Crippen LogP contribution is 2.24. The zero-order valence-corrected chi connectivity index (χ0v) is 16.4. The maximum absolute atomic E-state index is 14.5. The number of carbonyl (C=O) groups excluding carboxylic acids is 1. The summed E-state index contributed by atoms with van der Waals surface area (Å²) < 4.78 is 25.0. The number of aliphatic imine (C=N–C) groups is 1. The Morgan fingerprint density at radius 1 is 1.36 bits per heavy atom. The van der Waals surface area contributed by atoms with Gasteiger partial charge in [0.15, 0.2) is 5.96 Å². The number of hydrogen-bond acceptors (Lipinski definition) is 6. The number of nitrogens with zero attached hydrogens (tertiary/aromatic N) is 3. The fourth-order valence-corrected chi connectivity index (χ4v) is 3.26. The number of guanidine groups is 1. The van der Waals surface area contributed by atoms with Crippen molar-refractivity contribution in [1.82, 2.24) is 15.1 Å². The van der Waals surface area contributed by atoms with Crippen LogP contribution in [0.3, 0.4) is 0 Å². The fourth-order valence-electron chi connectivity index (χ4n) is 3.26. The molecule has 2 heterocycles. The standard InChI is InChI=1S/C20H27FN4O3/c1-24(8-5-11-27-2)19(26)16-14-22-20(25-9-12-28-13-10-25)23-18(16)15-6-3-4-7-17(15)21/h3-4,6-7H,5,8-14H2,1-2H3,(H,22,23). The summed E-state index contributed by atoms with van der Waals surface area (Å²) >= 11 is 0. The quantitative estimate of drug-likeness (QED) is 0.743. The van der Waals surface area contributed by atoms with Gasteiger partial charge in [-0.15, -0.1) is 0 Å². The number of nitrogens with one attached hydrogen (secondary N) is 1. The average Bonchev–Trinajstić information content (AvgIpc) is 2.74. The topological polar surface area (TPSA) is 66.4 Å². The summed E-state index contributed by atoms with van der Waals surface area (Å²) in [6, 6.07) is 6.47. The number of carbonyl (C=O) groups is 1. The lowest BCUT2D eigenvalue weighted by atomic mass is 10.0. The molecule has 0 aliphatic carbocycles. The molecule has 1 amide bonds. The van der Waals surface area contributed by atoms with E-state index < -0.39 is 0 Å². The minimum Gasteiger partial charge on any atom is -0.385 e. The van der Waals surface area contributed by atoms with Crippen LogP contribution in [0.4, 0.5) is 4.39 Å². The molecule has 28 heavy (non-hydrogen) atoms. The Morgan fingerprint density at radius 2 is 2.11 bits per heavy atom. The van der Waals surface area contributed by atoms with Crippen LogP contribution in [0.15, 0.2) is 34.8 Å². The van der Waals surface area contributed by atoms with Crippen molar-refractivity contribution in [3.8, 4) is 0 Å². The summed E-state index contributed by atoms with van der Waals surface area (Å²) in [6.45, 7) is 3.99. The molecule has 0 aromatic heterocycles. The van der Waals surface area contributed by atoms with Gasteiger partial charge in [0.05, 0.1) is 31.0 Å². The van der Waals surface area contributed by atoms with Crippen LogP contribution in [0.25, 0.3) is 5.70 Å². The number of amides is 1. The molecule has 2 aliphatic heterocycles. The summed E-state index contributed by atoms with van der Waals surface area (Å²) in [5, 5.41) is 3.22. The van der Waals surface area contributed by atoms with Gasteiger partial charge in [-0.3, -0.25) is 4.79 Å². The van der Waals surface area contributed by atoms with Gasteiger partial charge in [-0.05, 0) is 18.6 Å². The molecule has 0 saturated carbocycles. The maximum atomic E-state index is 14.5. The van der Waals surface area contributed by atoms with Gasteiger partial charge in [-0.25, -0.2) is 9.38 Å². The molecule has 0 bridgehead atoms. The van der Waals surface area contributed by atoms with Gasteiger partial charge in [-0.1, -0.05) is 12.1 Å². The number of likely N-dealkylation sites (N-methyl/N-ethyl adjacent to an activating group) is 1. The normalized spacial score (nSPS) is 17.2. The molecule has 3 rings (SSSR count). The molecule has 1 aromatic rings. The van der Waals surface area contributed by atoms with Gasteiger partial charge < -0.3 is 24.6 Å². The van der Waals surface area contributed by atoms with E-state index in [0.29, 0.717) is 62.2 Å². The largest absolute Gasteiger partial charge is 0.385 e. The highest BCUT2D eigenvalue weighted by atomic mass is 19.1. The van der Waals surface area contributed by atoms with Crippen molar-refractivity contribution < 1.29 is 18.7 Å². The predicted octanol–water partition coefficient (Wildman–Crippen LogP) is 1.32. The first-order valence-corrected chi connectivity index (χ1v) is 9.48. The highest BCUT2D eigenvalue weighted by Gasteiger charge is 2.28. The molecule has 0 atom stereocenters. The Labute approximate surface area is 164 Å². The van der Waals surface area contributed by atoms with Crippen LogP contribution in [0, 0.1) is 5.82 Å². The van der Waals surface area contributed by atoms with E-state index in [2.05, 4.69) is 15.2 Å². The first-order chi connectivity index (χ1) is 13.6. The predicted molar refractivity (Wildman–Crippen MR) is 105 cm³/mol. The Morgan fingerprint density at radius 3 is 2.82 bits per heavy atom. The second-order valence-corrected chi connectivity index (χ2v) is 6.77. The third-order valence-corrected chi connectivity index (χ3v) is 4.83. The Kier molecular flexibility index (Phi) is 7.00. The van der Waals surface area contributed by atoms with E-state index in [4.69, 9.17) is 9.47 Å². The number of rotatable bonds is 6. The summed E-state index contributed by atoms with van der Waals surface area (Å²) in [6.07, 6.45) is 0.733. The first-order valence-electron chi connectivity index (χ1n) is 9.48. The molecule has 1 saturated heterocycles. The van der Waals surface area contributed by atoms with Gasteiger partial charge in [0.1, 0.15) is 5.82 Å². The lowest BCUT2D eigenvalue weighted by molar-refractivity contribution is -0.126. The number of halogens is 1. The summed E-state index contributed by atoms with van der Waals surface area (Å²) in [5.74, 6) is 0.118. The molecule has 0 unspecified atom stereocenters. The molecule has 2 aliphatic rings. The van der Waals surface area contributed by atoms with Crippen molar-refractivity contribution >= 4 is 17.6 Å². The summed E-state index contributed by atoms with van der Waals surface area (Å²) in [4.78, 5) is 21.3. The lowest BCUT2D eigenvalue weighted by Crippen LogP contribution is -2.49.